The summed E-state index contributed by atoms with van der Waals surface area (Å²) in [4.78, 5) is 5.66. The molecule has 0 fully saturated rings. The van der Waals surface area contributed by atoms with Crippen LogP contribution in [0.15, 0.2) is 364 Å². The minimum Gasteiger partial charge on any atom is -0.310 e. The van der Waals surface area contributed by atoms with Gasteiger partial charge < -0.3 is 18.9 Å². The van der Waals surface area contributed by atoms with Crippen LogP contribution in [0.3, 0.4) is 0 Å². The van der Waals surface area contributed by atoms with Crippen molar-refractivity contribution < 1.29 is 0 Å². The van der Waals surface area contributed by atoms with Crippen molar-refractivity contribution in [2.45, 2.75) is 209 Å². The molecule has 5 heteroatoms. The van der Waals surface area contributed by atoms with Crippen molar-refractivity contribution >= 4 is 101 Å². The molecule has 17 aromatic carbocycles. The maximum Gasteiger partial charge on any atom is 0.252 e. The lowest BCUT2D eigenvalue weighted by atomic mass is 9.33. The van der Waals surface area contributed by atoms with Crippen molar-refractivity contribution in [2.24, 2.45) is 0 Å². The Morgan fingerprint density at radius 2 is 0.468 bits per heavy atom. The van der Waals surface area contributed by atoms with Gasteiger partial charge >= 0.3 is 0 Å². The molecule has 0 aliphatic carbocycles. The molecular weight excluding hydrogens is 1680 g/mol. The van der Waals surface area contributed by atoms with Crippen LogP contribution in [-0.2, 0) is 38.9 Å². The molecule has 21 rings (SSSR count). The summed E-state index contributed by atoms with van der Waals surface area (Å²) < 4.78 is 5.22. The monoisotopic (exact) mass is 1810 g/mol. The summed E-state index contributed by atoms with van der Waals surface area (Å²) in [5.41, 5.74) is 44.4. The number of nitrogens with zero attached hydrogens (tertiary/aromatic N) is 4. The van der Waals surface area contributed by atoms with Gasteiger partial charge in [0.2, 0.25) is 0 Å². The lowest BCUT2D eigenvalue weighted by Crippen LogP contribution is -2.61. The van der Waals surface area contributed by atoms with Gasteiger partial charge in [-0.1, -0.05) is 418 Å². The molecule has 0 radical (unpaired) electrons. The molecule has 2 aromatic heterocycles. The fourth-order valence-corrected chi connectivity index (χ4v) is 21.9. The second-order valence-corrected chi connectivity index (χ2v) is 45.9. The van der Waals surface area contributed by atoms with Crippen LogP contribution in [0.2, 0.25) is 0 Å². The van der Waals surface area contributed by atoms with Crippen molar-refractivity contribution in [3.8, 4) is 100 Å². The van der Waals surface area contributed by atoms with Gasteiger partial charge in [-0.05, 0) is 277 Å². The van der Waals surface area contributed by atoms with E-state index in [4.69, 9.17) is 0 Å². The first-order valence-electron chi connectivity index (χ1n) is 50.9. The van der Waals surface area contributed by atoms with Gasteiger partial charge in [-0.15, -0.1) is 0 Å². The average Bonchev–Trinajstić information content (AvgIpc) is 0.850. The van der Waals surface area contributed by atoms with Crippen LogP contribution in [-0.4, -0.2) is 15.8 Å². The molecule has 139 heavy (non-hydrogen) atoms. The van der Waals surface area contributed by atoms with Crippen LogP contribution < -0.4 is 26.2 Å². The fraction of sp³-hybridized carbons (Fsp3) is 0.239. The lowest BCUT2D eigenvalue weighted by Gasteiger charge is -2.46. The molecule has 0 spiro atoms. The molecular formula is C134H131BN4. The van der Waals surface area contributed by atoms with Gasteiger partial charge in [-0.3, -0.25) is 0 Å². The van der Waals surface area contributed by atoms with Gasteiger partial charge in [0.1, 0.15) is 0 Å². The highest BCUT2D eigenvalue weighted by molar-refractivity contribution is 7.00. The Bertz CT molecular complexity index is 7080. The van der Waals surface area contributed by atoms with Gasteiger partial charge in [-0.25, -0.2) is 0 Å². The predicted octanol–water partition coefficient (Wildman–Crippen LogP) is 36.0. The maximum atomic E-state index is 2.83. The molecule has 0 N–H and O–H groups in total. The zero-order chi connectivity index (χ0) is 96.5. The first-order chi connectivity index (χ1) is 66.7. The second kappa shape index (κ2) is 35.5. The van der Waals surface area contributed by atoms with E-state index in [1.54, 1.807) is 0 Å². The normalized spacial score (nSPS) is 13.0. The molecule has 4 nitrogen and oxygen atoms in total. The summed E-state index contributed by atoms with van der Waals surface area (Å²) in [6.45, 7) is 44.7. The summed E-state index contributed by atoms with van der Waals surface area (Å²) in [5.74, 6) is 0. The number of aryl methyl sites for hydroxylation is 1. The third-order valence-electron chi connectivity index (χ3n) is 30.0. The van der Waals surface area contributed by atoms with Crippen LogP contribution in [0, 0.1) is 0 Å². The smallest absolute Gasteiger partial charge is 0.252 e. The predicted molar refractivity (Wildman–Crippen MR) is 602 cm³/mol. The van der Waals surface area contributed by atoms with E-state index >= 15 is 0 Å². The number of hydrogen-bond donors (Lipinski definition) is 0. The van der Waals surface area contributed by atoms with E-state index in [1.807, 2.05) is 0 Å². The first-order valence-corrected chi connectivity index (χ1v) is 50.9. The highest BCUT2D eigenvalue weighted by Gasteiger charge is 2.47. The van der Waals surface area contributed by atoms with E-state index in [9.17, 15) is 0 Å². The standard InChI is InChI=1S/C134H131BN4/c1-20-21-22-23-24-29-38-87-75-124-126-125(76-87)139(128-110(98-59-51-94(52-60-98)90-43-34-27-35-44-90)83-105(134(17,18)19)84-111(128)99-61-53-95(54-62-99)91-45-36-28-37-46-91)123-86-107(137-120-73-65-102(131(8,9)10)79-114(120)115-80-103(132(11,12)13)66-74-121(115)137)68-70-117(123)135(126)116-69-67-106(136-118-71-63-100(129(2,3)4)77-112(118)113-78-101(130(5,6)7)64-72-119(113)136)85-122(116)138(124)127-108(96-55-47-92(48-56-96)88-39-30-25-31-40-88)81-104(133(14,15)16)82-109(127)97-57-49-93(50-58-97)89-41-32-26-33-42-89/h25-28,30-37,39-86H,20-24,29,38H2,1-19H3. The molecule has 2 aliphatic rings. The molecule has 0 unspecified atom stereocenters. The van der Waals surface area contributed by atoms with Crippen molar-refractivity contribution in [2.75, 3.05) is 9.80 Å². The van der Waals surface area contributed by atoms with Crippen LogP contribution >= 0.6 is 0 Å². The average molecular weight is 1810 g/mol. The molecule has 2 aliphatic heterocycles. The van der Waals surface area contributed by atoms with E-state index < -0.39 is 0 Å². The van der Waals surface area contributed by atoms with E-state index in [-0.39, 0.29) is 39.2 Å². The van der Waals surface area contributed by atoms with Crippen LogP contribution in [0.1, 0.15) is 209 Å². The lowest BCUT2D eigenvalue weighted by molar-refractivity contribution is 0.590. The quantitative estimate of drug-likeness (QED) is 0.0593. The van der Waals surface area contributed by atoms with E-state index in [2.05, 4.69) is 514 Å². The molecule has 690 valence electrons. The number of aromatic nitrogens is 2. The molecule has 4 heterocycles. The van der Waals surface area contributed by atoms with E-state index in [0.29, 0.717) is 0 Å². The van der Waals surface area contributed by atoms with Crippen molar-refractivity contribution in [3.63, 3.8) is 0 Å². The second-order valence-electron chi connectivity index (χ2n) is 45.9. The van der Waals surface area contributed by atoms with Crippen molar-refractivity contribution in [3.05, 3.63) is 403 Å². The molecule has 0 bridgehead atoms. The summed E-state index contributed by atoms with van der Waals surface area (Å²) in [6.07, 6.45) is 7.87. The maximum absolute atomic E-state index is 2.83. The van der Waals surface area contributed by atoms with Crippen LogP contribution in [0.4, 0.5) is 34.1 Å². The van der Waals surface area contributed by atoms with Gasteiger partial charge in [0.15, 0.2) is 0 Å². The number of benzene rings is 17. The fourth-order valence-electron chi connectivity index (χ4n) is 21.9. The summed E-state index contributed by atoms with van der Waals surface area (Å²) >= 11 is 0. The largest absolute Gasteiger partial charge is 0.310 e. The third kappa shape index (κ3) is 17.2. The summed E-state index contributed by atoms with van der Waals surface area (Å²) in [6, 6.07) is 142. The molecule has 0 saturated carbocycles. The van der Waals surface area contributed by atoms with Gasteiger partial charge in [-0.2, -0.15) is 0 Å². The molecule has 19 aromatic rings. The number of unbranched alkanes of at least 4 members (excludes halogenated alkanes) is 5. The van der Waals surface area contributed by atoms with Gasteiger partial charge in [0.25, 0.3) is 6.71 Å². The van der Waals surface area contributed by atoms with Gasteiger partial charge in [0.05, 0.1) is 33.4 Å². The highest BCUT2D eigenvalue weighted by atomic mass is 15.2. The molecule has 0 saturated heterocycles. The van der Waals surface area contributed by atoms with E-state index in [1.165, 1.54) is 181 Å². The summed E-state index contributed by atoms with van der Waals surface area (Å²) in [7, 11) is 0. The third-order valence-corrected chi connectivity index (χ3v) is 30.0. The van der Waals surface area contributed by atoms with E-state index in [0.717, 1.165) is 97.9 Å². The Labute approximate surface area is 826 Å². The van der Waals surface area contributed by atoms with Crippen molar-refractivity contribution in [1.82, 2.24) is 9.13 Å². The van der Waals surface area contributed by atoms with Gasteiger partial charge in [0, 0.05) is 77.9 Å². The zero-order valence-electron chi connectivity index (χ0n) is 85.0. The minimum atomic E-state index is -0.315. The Kier molecular flexibility index (Phi) is 23.3. The topological polar surface area (TPSA) is 16.3 Å². The van der Waals surface area contributed by atoms with Crippen molar-refractivity contribution in [1.29, 1.82) is 0 Å². The summed E-state index contributed by atoms with van der Waals surface area (Å²) in [5, 5.41) is 5.04. The number of rotatable bonds is 19. The molecule has 0 amide bonds. The Hall–Kier alpha value is -14.0. The zero-order valence-corrected chi connectivity index (χ0v) is 85.0. The Morgan fingerprint density at radius 3 is 0.734 bits per heavy atom. The highest BCUT2D eigenvalue weighted by Crippen LogP contribution is 2.57. The Balaban J connectivity index is 0.942. The van der Waals surface area contributed by atoms with Crippen LogP contribution in [0.25, 0.3) is 144 Å². The number of anilines is 6. The Morgan fingerprint density at radius 1 is 0.216 bits per heavy atom. The number of fused-ring (bicyclic) bond motifs is 10. The van der Waals surface area contributed by atoms with Crippen LogP contribution in [0.5, 0.6) is 0 Å². The molecule has 0 atom stereocenters. The SMILES string of the molecule is CCCCCCCCc1cc2c3c(c1)N(c1c(-c4ccc(-c5ccccc5)cc4)cc(C(C)(C)C)cc1-c1ccc(-c4ccccc4)cc1)c1cc(-n4c5ccc(C(C)(C)C)cc5c5cc(C(C)(C)C)ccc54)ccc1B3c1ccc(-n3c4ccc(C(C)(C)C)cc4c4cc(C(C)(C)C)ccc43)cc1N2c1c(-c2ccc(-c3ccccc3)cc2)cc(C(C)(C)C)cc1-c1ccc(-c2ccccc2)cc1. The first kappa shape index (κ1) is 91.4. The minimum absolute atomic E-state index is 0.0951. The number of hydrogen-bond acceptors (Lipinski definition) is 2.